The maximum atomic E-state index is 5.64. The summed E-state index contributed by atoms with van der Waals surface area (Å²) < 4.78 is 0. The highest BCUT2D eigenvalue weighted by atomic mass is 35.5. The third-order valence-electron chi connectivity index (χ3n) is 2.40. The molecule has 1 nitrogen and oxygen atoms in total. The van der Waals surface area contributed by atoms with Gasteiger partial charge in [-0.3, -0.25) is 0 Å². The van der Waals surface area contributed by atoms with E-state index >= 15 is 0 Å². The molecular weight excluding hydrogens is 170 g/mol. The Bertz CT molecular complexity index is 112. The van der Waals surface area contributed by atoms with Gasteiger partial charge in [0.15, 0.2) is 0 Å². The van der Waals surface area contributed by atoms with Gasteiger partial charge < -0.3 is 4.90 Å². The molecule has 0 aromatic heterocycles. The Hall–Kier alpha value is 0.250. The van der Waals surface area contributed by atoms with Crippen molar-refractivity contribution in [1.82, 2.24) is 4.90 Å². The van der Waals surface area contributed by atoms with Crippen LogP contribution in [0.25, 0.3) is 0 Å². The first kappa shape index (κ1) is 10.3. The smallest absolute Gasteiger partial charge is 0.0223 e. The lowest BCUT2D eigenvalue weighted by Crippen LogP contribution is -2.27. The van der Waals surface area contributed by atoms with Crippen LogP contribution in [-0.4, -0.2) is 29.9 Å². The van der Waals surface area contributed by atoms with Crippen molar-refractivity contribution in [1.29, 1.82) is 0 Å². The SMILES string of the molecule is CCCN(CCCCCl)C1CC1. The van der Waals surface area contributed by atoms with Crippen molar-refractivity contribution >= 4 is 11.6 Å². The van der Waals surface area contributed by atoms with Gasteiger partial charge in [-0.2, -0.15) is 0 Å². The van der Waals surface area contributed by atoms with Gasteiger partial charge in [-0.05, 0) is 45.2 Å². The summed E-state index contributed by atoms with van der Waals surface area (Å²) in [6, 6.07) is 0.931. The van der Waals surface area contributed by atoms with Gasteiger partial charge in [0, 0.05) is 11.9 Å². The molecule has 0 saturated heterocycles. The maximum Gasteiger partial charge on any atom is 0.0223 e. The van der Waals surface area contributed by atoms with E-state index < -0.39 is 0 Å². The molecule has 0 bridgehead atoms. The summed E-state index contributed by atoms with van der Waals surface area (Å²) in [7, 11) is 0. The molecule has 0 heterocycles. The van der Waals surface area contributed by atoms with Crippen LogP contribution < -0.4 is 0 Å². The molecule has 0 radical (unpaired) electrons. The Kier molecular flexibility index (Phi) is 5.01. The molecule has 12 heavy (non-hydrogen) atoms. The predicted molar refractivity (Wildman–Crippen MR) is 54.8 cm³/mol. The molecule has 0 aromatic carbocycles. The highest BCUT2D eigenvalue weighted by Crippen LogP contribution is 2.27. The fraction of sp³-hybridized carbons (Fsp3) is 1.00. The van der Waals surface area contributed by atoms with E-state index in [0.29, 0.717) is 0 Å². The van der Waals surface area contributed by atoms with Crippen molar-refractivity contribution in [2.24, 2.45) is 0 Å². The number of unbranched alkanes of at least 4 members (excludes halogenated alkanes) is 1. The van der Waals surface area contributed by atoms with Crippen LogP contribution >= 0.6 is 11.6 Å². The normalized spacial score (nSPS) is 17.2. The highest BCUT2D eigenvalue weighted by molar-refractivity contribution is 6.17. The second kappa shape index (κ2) is 5.82. The van der Waals surface area contributed by atoms with Crippen LogP contribution in [0.15, 0.2) is 0 Å². The molecule has 0 spiro atoms. The van der Waals surface area contributed by atoms with Crippen LogP contribution in [0.4, 0.5) is 0 Å². The zero-order valence-corrected chi connectivity index (χ0v) is 8.82. The number of halogens is 1. The lowest BCUT2D eigenvalue weighted by Gasteiger charge is -2.20. The minimum absolute atomic E-state index is 0.824. The first-order chi connectivity index (χ1) is 5.88. The zero-order valence-electron chi connectivity index (χ0n) is 8.06. The van der Waals surface area contributed by atoms with E-state index in [1.807, 2.05) is 0 Å². The molecule has 1 fully saturated rings. The van der Waals surface area contributed by atoms with Crippen molar-refractivity contribution in [2.45, 2.75) is 45.1 Å². The lowest BCUT2D eigenvalue weighted by atomic mass is 10.3. The van der Waals surface area contributed by atoms with E-state index in [4.69, 9.17) is 11.6 Å². The van der Waals surface area contributed by atoms with Gasteiger partial charge in [-0.25, -0.2) is 0 Å². The molecular formula is C10H20ClN. The minimum Gasteiger partial charge on any atom is -0.300 e. The molecule has 1 aliphatic rings. The summed E-state index contributed by atoms with van der Waals surface area (Å²) in [5.41, 5.74) is 0. The summed E-state index contributed by atoms with van der Waals surface area (Å²) in [5, 5.41) is 0. The molecule has 0 atom stereocenters. The monoisotopic (exact) mass is 189 g/mol. The quantitative estimate of drug-likeness (QED) is 0.440. The molecule has 0 N–H and O–H groups in total. The maximum absolute atomic E-state index is 5.64. The summed E-state index contributed by atoms with van der Waals surface area (Å²) in [6.07, 6.45) is 6.60. The first-order valence-corrected chi connectivity index (χ1v) is 5.72. The summed E-state index contributed by atoms with van der Waals surface area (Å²) in [6.45, 7) is 4.81. The van der Waals surface area contributed by atoms with Crippen molar-refractivity contribution in [3.8, 4) is 0 Å². The number of hydrogen-bond acceptors (Lipinski definition) is 1. The third kappa shape index (κ3) is 3.77. The lowest BCUT2D eigenvalue weighted by molar-refractivity contribution is 0.260. The zero-order chi connectivity index (χ0) is 8.81. The average molecular weight is 190 g/mol. The number of rotatable bonds is 7. The minimum atomic E-state index is 0.824. The predicted octanol–water partition coefficient (Wildman–Crippen LogP) is 2.88. The van der Waals surface area contributed by atoms with Gasteiger partial charge >= 0.3 is 0 Å². The Morgan fingerprint density at radius 2 is 2.00 bits per heavy atom. The Labute approximate surface area is 81.1 Å². The van der Waals surface area contributed by atoms with Gasteiger partial charge in [0.05, 0.1) is 0 Å². The average Bonchev–Trinajstić information content (AvgIpc) is 2.86. The number of hydrogen-bond donors (Lipinski definition) is 0. The summed E-state index contributed by atoms with van der Waals surface area (Å²) in [5.74, 6) is 0.824. The Morgan fingerprint density at radius 1 is 1.25 bits per heavy atom. The fourth-order valence-corrected chi connectivity index (χ4v) is 1.80. The van der Waals surface area contributed by atoms with Gasteiger partial charge in [0.25, 0.3) is 0 Å². The first-order valence-electron chi connectivity index (χ1n) is 5.18. The molecule has 2 heteroatoms. The van der Waals surface area contributed by atoms with Crippen LogP contribution in [0.3, 0.4) is 0 Å². The Balaban J connectivity index is 2.05. The summed E-state index contributed by atoms with van der Waals surface area (Å²) in [4.78, 5) is 2.63. The van der Waals surface area contributed by atoms with Crippen molar-refractivity contribution in [2.75, 3.05) is 19.0 Å². The highest BCUT2D eigenvalue weighted by Gasteiger charge is 2.27. The van der Waals surface area contributed by atoms with E-state index in [2.05, 4.69) is 11.8 Å². The second-order valence-corrected chi connectivity index (χ2v) is 4.04. The van der Waals surface area contributed by atoms with Gasteiger partial charge in [-0.1, -0.05) is 6.92 Å². The molecule has 1 saturated carbocycles. The number of alkyl halides is 1. The molecule has 0 unspecified atom stereocenters. The molecule has 0 aromatic rings. The molecule has 0 aliphatic heterocycles. The third-order valence-corrected chi connectivity index (χ3v) is 2.67. The van der Waals surface area contributed by atoms with Crippen molar-refractivity contribution in [3.05, 3.63) is 0 Å². The van der Waals surface area contributed by atoms with Crippen molar-refractivity contribution in [3.63, 3.8) is 0 Å². The topological polar surface area (TPSA) is 3.24 Å². The van der Waals surface area contributed by atoms with Gasteiger partial charge in [0.1, 0.15) is 0 Å². The van der Waals surface area contributed by atoms with Crippen LogP contribution in [0.1, 0.15) is 39.0 Å². The van der Waals surface area contributed by atoms with Crippen LogP contribution in [0.2, 0.25) is 0 Å². The molecule has 0 amide bonds. The van der Waals surface area contributed by atoms with E-state index in [9.17, 15) is 0 Å². The number of nitrogens with zero attached hydrogens (tertiary/aromatic N) is 1. The van der Waals surface area contributed by atoms with Crippen LogP contribution in [-0.2, 0) is 0 Å². The van der Waals surface area contributed by atoms with Gasteiger partial charge in [0.2, 0.25) is 0 Å². The standard InChI is InChI=1S/C10H20ClN/c1-2-8-12(10-5-6-10)9-4-3-7-11/h10H,2-9H2,1H3. The van der Waals surface area contributed by atoms with E-state index in [1.54, 1.807) is 0 Å². The molecule has 72 valence electrons. The molecule has 1 aliphatic carbocycles. The van der Waals surface area contributed by atoms with Crippen LogP contribution in [0, 0.1) is 0 Å². The Morgan fingerprint density at radius 3 is 2.50 bits per heavy atom. The fourth-order valence-electron chi connectivity index (χ4n) is 1.61. The van der Waals surface area contributed by atoms with E-state index in [-0.39, 0.29) is 0 Å². The van der Waals surface area contributed by atoms with Crippen LogP contribution in [0.5, 0.6) is 0 Å². The molecule has 1 rings (SSSR count). The van der Waals surface area contributed by atoms with E-state index in [0.717, 1.165) is 11.9 Å². The largest absolute Gasteiger partial charge is 0.300 e. The second-order valence-electron chi connectivity index (χ2n) is 3.66. The summed E-state index contributed by atoms with van der Waals surface area (Å²) >= 11 is 5.64. The van der Waals surface area contributed by atoms with Crippen molar-refractivity contribution < 1.29 is 0 Å². The van der Waals surface area contributed by atoms with Gasteiger partial charge in [-0.15, -0.1) is 11.6 Å². The van der Waals surface area contributed by atoms with E-state index in [1.165, 1.54) is 45.2 Å².